The van der Waals surface area contributed by atoms with Crippen molar-refractivity contribution in [2.75, 3.05) is 0 Å². The Kier molecular flexibility index (Phi) is 1.50. The van der Waals surface area contributed by atoms with Crippen molar-refractivity contribution in [1.29, 1.82) is 0 Å². The van der Waals surface area contributed by atoms with Crippen LogP contribution in [-0.4, -0.2) is 5.54 Å². The second-order valence-corrected chi connectivity index (χ2v) is 3.82. The Labute approximate surface area is 72.3 Å². The minimum absolute atomic E-state index is 0.0195. The molecule has 1 aromatic carbocycles. The molecule has 1 heterocycles. The summed E-state index contributed by atoms with van der Waals surface area (Å²) in [6, 6.07) is 8.18. The summed E-state index contributed by atoms with van der Waals surface area (Å²) >= 11 is 0. The van der Waals surface area contributed by atoms with E-state index in [1.54, 1.807) is 0 Å². The van der Waals surface area contributed by atoms with Crippen LogP contribution >= 0.6 is 0 Å². The lowest BCUT2D eigenvalue weighted by atomic mass is 9.94. The molecule has 0 aromatic heterocycles. The third kappa shape index (κ3) is 1.24. The van der Waals surface area contributed by atoms with Crippen LogP contribution in [0.1, 0.15) is 19.4 Å². The van der Waals surface area contributed by atoms with Gasteiger partial charge in [-0.2, -0.15) is 10.2 Å². The standard InChI is InChI=1S/C10H12N2/c1-10(2)7-8-5-3-4-6-9(8)11-12-10/h3-6H,7H2,1-2H3. The van der Waals surface area contributed by atoms with Crippen LogP contribution in [0.15, 0.2) is 34.5 Å². The summed E-state index contributed by atoms with van der Waals surface area (Å²) in [6.07, 6.45) is 0.993. The predicted octanol–water partition coefficient (Wildman–Crippen LogP) is 3.11. The molecule has 0 N–H and O–H groups in total. The Morgan fingerprint density at radius 2 is 2.00 bits per heavy atom. The summed E-state index contributed by atoms with van der Waals surface area (Å²) in [5.74, 6) is 0. The number of fused-ring (bicyclic) bond motifs is 1. The molecule has 0 spiro atoms. The molecule has 0 atom stereocenters. The first-order chi connectivity index (χ1) is 5.67. The maximum atomic E-state index is 4.23. The molecular weight excluding hydrogens is 148 g/mol. The van der Waals surface area contributed by atoms with Crippen molar-refractivity contribution in [3.63, 3.8) is 0 Å². The quantitative estimate of drug-likeness (QED) is 0.557. The molecule has 0 unspecified atom stereocenters. The Balaban J connectivity index is 2.46. The number of hydrogen-bond acceptors (Lipinski definition) is 2. The van der Waals surface area contributed by atoms with Crippen LogP contribution < -0.4 is 0 Å². The Morgan fingerprint density at radius 1 is 1.25 bits per heavy atom. The van der Waals surface area contributed by atoms with Crippen LogP contribution in [-0.2, 0) is 6.42 Å². The zero-order valence-corrected chi connectivity index (χ0v) is 7.41. The van der Waals surface area contributed by atoms with Crippen LogP contribution in [0.5, 0.6) is 0 Å². The van der Waals surface area contributed by atoms with E-state index in [1.165, 1.54) is 5.56 Å². The van der Waals surface area contributed by atoms with Gasteiger partial charge in [-0.3, -0.25) is 0 Å². The van der Waals surface area contributed by atoms with Gasteiger partial charge in [-0.1, -0.05) is 18.2 Å². The van der Waals surface area contributed by atoms with Crippen LogP contribution in [0.4, 0.5) is 5.69 Å². The zero-order valence-electron chi connectivity index (χ0n) is 7.41. The normalized spacial score (nSPS) is 18.8. The van der Waals surface area contributed by atoms with E-state index in [-0.39, 0.29) is 5.54 Å². The number of hydrogen-bond donors (Lipinski definition) is 0. The maximum Gasteiger partial charge on any atom is 0.0885 e. The maximum absolute atomic E-state index is 4.23. The molecule has 0 radical (unpaired) electrons. The molecule has 0 saturated heterocycles. The van der Waals surface area contributed by atoms with E-state index in [1.807, 2.05) is 12.1 Å². The van der Waals surface area contributed by atoms with E-state index in [0.29, 0.717) is 0 Å². The summed E-state index contributed by atoms with van der Waals surface area (Å²) in [5.41, 5.74) is 2.31. The van der Waals surface area contributed by atoms with Gasteiger partial charge in [-0.05, 0) is 25.5 Å². The molecule has 1 aliphatic heterocycles. The minimum Gasteiger partial charge on any atom is -0.182 e. The number of benzene rings is 1. The van der Waals surface area contributed by atoms with E-state index in [0.717, 1.165) is 12.1 Å². The second-order valence-electron chi connectivity index (χ2n) is 3.82. The van der Waals surface area contributed by atoms with E-state index in [4.69, 9.17) is 0 Å². The molecule has 12 heavy (non-hydrogen) atoms. The van der Waals surface area contributed by atoms with Gasteiger partial charge >= 0.3 is 0 Å². The fourth-order valence-electron chi connectivity index (χ4n) is 1.45. The van der Waals surface area contributed by atoms with Crippen molar-refractivity contribution in [3.8, 4) is 0 Å². The van der Waals surface area contributed by atoms with Crippen molar-refractivity contribution in [1.82, 2.24) is 0 Å². The van der Waals surface area contributed by atoms with E-state index in [2.05, 4.69) is 36.2 Å². The molecule has 62 valence electrons. The van der Waals surface area contributed by atoms with Gasteiger partial charge in [0.1, 0.15) is 0 Å². The van der Waals surface area contributed by atoms with Gasteiger partial charge in [0.15, 0.2) is 0 Å². The van der Waals surface area contributed by atoms with Gasteiger partial charge in [0, 0.05) is 6.42 Å². The minimum atomic E-state index is -0.0195. The van der Waals surface area contributed by atoms with Gasteiger partial charge in [0.25, 0.3) is 0 Å². The number of rotatable bonds is 0. The van der Waals surface area contributed by atoms with E-state index < -0.39 is 0 Å². The first-order valence-corrected chi connectivity index (χ1v) is 4.18. The first-order valence-electron chi connectivity index (χ1n) is 4.18. The third-order valence-electron chi connectivity index (χ3n) is 2.04. The Bertz CT molecular complexity index is 326. The summed E-state index contributed by atoms with van der Waals surface area (Å²) in [7, 11) is 0. The molecule has 0 saturated carbocycles. The lowest BCUT2D eigenvalue weighted by molar-refractivity contribution is 0.482. The summed E-state index contributed by atoms with van der Waals surface area (Å²) in [6.45, 7) is 4.21. The van der Waals surface area contributed by atoms with Gasteiger partial charge in [0.05, 0.1) is 11.2 Å². The fourth-order valence-corrected chi connectivity index (χ4v) is 1.45. The van der Waals surface area contributed by atoms with Crippen molar-refractivity contribution in [3.05, 3.63) is 29.8 Å². The summed E-state index contributed by atoms with van der Waals surface area (Å²) in [4.78, 5) is 0. The molecular formula is C10H12N2. The summed E-state index contributed by atoms with van der Waals surface area (Å²) in [5, 5.41) is 8.40. The van der Waals surface area contributed by atoms with Crippen molar-refractivity contribution >= 4 is 5.69 Å². The van der Waals surface area contributed by atoms with Crippen LogP contribution in [0.3, 0.4) is 0 Å². The van der Waals surface area contributed by atoms with Crippen molar-refractivity contribution < 1.29 is 0 Å². The topological polar surface area (TPSA) is 24.7 Å². The highest BCUT2D eigenvalue weighted by Gasteiger charge is 2.22. The smallest absolute Gasteiger partial charge is 0.0885 e. The monoisotopic (exact) mass is 160 g/mol. The lowest BCUT2D eigenvalue weighted by Gasteiger charge is -2.22. The molecule has 0 aliphatic carbocycles. The second kappa shape index (κ2) is 2.41. The summed E-state index contributed by atoms with van der Waals surface area (Å²) < 4.78 is 0. The fraction of sp³-hybridized carbons (Fsp3) is 0.400. The van der Waals surface area contributed by atoms with Gasteiger partial charge in [-0.25, -0.2) is 0 Å². The first kappa shape index (κ1) is 7.47. The van der Waals surface area contributed by atoms with Crippen molar-refractivity contribution in [2.45, 2.75) is 25.8 Å². The van der Waals surface area contributed by atoms with Crippen LogP contribution in [0.2, 0.25) is 0 Å². The highest BCUT2D eigenvalue weighted by Crippen LogP contribution is 2.31. The molecule has 0 fully saturated rings. The highest BCUT2D eigenvalue weighted by molar-refractivity contribution is 5.47. The molecule has 0 amide bonds. The molecule has 2 nitrogen and oxygen atoms in total. The van der Waals surface area contributed by atoms with E-state index >= 15 is 0 Å². The Hall–Kier alpha value is -1.18. The molecule has 2 heteroatoms. The largest absolute Gasteiger partial charge is 0.182 e. The number of nitrogens with zero attached hydrogens (tertiary/aromatic N) is 2. The highest BCUT2D eigenvalue weighted by atomic mass is 15.2. The zero-order chi connectivity index (χ0) is 8.60. The lowest BCUT2D eigenvalue weighted by Crippen LogP contribution is -2.21. The molecule has 2 rings (SSSR count). The molecule has 0 bridgehead atoms. The Morgan fingerprint density at radius 3 is 2.83 bits per heavy atom. The average molecular weight is 160 g/mol. The predicted molar refractivity (Wildman–Crippen MR) is 48.7 cm³/mol. The van der Waals surface area contributed by atoms with Gasteiger partial charge in [-0.15, -0.1) is 0 Å². The SMILES string of the molecule is CC1(C)Cc2ccccc2N=N1. The molecule has 1 aliphatic rings. The third-order valence-corrected chi connectivity index (χ3v) is 2.04. The molecule has 1 aromatic rings. The average Bonchev–Trinajstić information content (AvgIpc) is 2.02. The van der Waals surface area contributed by atoms with Crippen molar-refractivity contribution in [2.24, 2.45) is 10.2 Å². The van der Waals surface area contributed by atoms with E-state index in [9.17, 15) is 0 Å². The van der Waals surface area contributed by atoms with Gasteiger partial charge in [0.2, 0.25) is 0 Å². The number of azo groups is 1. The van der Waals surface area contributed by atoms with Gasteiger partial charge < -0.3 is 0 Å². The van der Waals surface area contributed by atoms with Crippen LogP contribution in [0, 0.1) is 0 Å². The van der Waals surface area contributed by atoms with Crippen LogP contribution in [0.25, 0.3) is 0 Å².